The van der Waals surface area contributed by atoms with Crippen LogP contribution in [0.15, 0.2) is 8.42 Å². The van der Waals surface area contributed by atoms with Crippen LogP contribution in [-0.4, -0.2) is 5.75 Å². The molecule has 0 aliphatic rings. The number of hydrogen-bond donors (Lipinski definition) is 0. The van der Waals surface area contributed by atoms with Crippen molar-refractivity contribution >= 4 is 55.2 Å². The van der Waals surface area contributed by atoms with Gasteiger partial charge in [0.15, 0.2) is 0 Å². The van der Waals surface area contributed by atoms with E-state index in [9.17, 15) is 0 Å². The number of rotatable bonds is 2. The summed E-state index contributed by atoms with van der Waals surface area (Å²) in [5, 5.41) is 10.0. The van der Waals surface area contributed by atoms with Gasteiger partial charge in [-0.15, -0.1) is 0 Å². The predicted octanol–water partition coefficient (Wildman–Crippen LogP) is 3.40. The van der Waals surface area contributed by atoms with Gasteiger partial charge in [0.25, 0.3) is 0 Å². The summed E-state index contributed by atoms with van der Waals surface area (Å²) in [5.74, 6) is 0.584. The van der Waals surface area contributed by atoms with E-state index in [4.69, 9.17) is 16.9 Å². The van der Waals surface area contributed by atoms with E-state index in [2.05, 4.69) is 31.9 Å². The second-order valence-corrected chi connectivity index (χ2v) is 4.39. The van der Waals surface area contributed by atoms with Crippen molar-refractivity contribution in [2.75, 3.05) is 5.75 Å². The lowest BCUT2D eigenvalue weighted by Gasteiger charge is -1.90. The third-order valence-corrected chi connectivity index (χ3v) is 3.55. The van der Waals surface area contributed by atoms with Crippen LogP contribution in [0.1, 0.15) is 0 Å². The molecule has 0 atom stereocenters. The third-order valence-electron chi connectivity index (χ3n) is 0.469. The zero-order valence-electron chi connectivity index (χ0n) is 4.20. The normalized spacial score (nSPS) is 12.2. The molecule has 50 valence electrons. The first kappa shape index (κ1) is 9.83. The monoisotopic (exact) mass is 289 g/mol. The number of thioether (sulfide) groups is 1. The Bertz CT molecular complexity index is 158. The molecule has 0 aromatic carbocycles. The predicted molar refractivity (Wildman–Crippen MR) is 48.8 cm³/mol. The summed E-state index contributed by atoms with van der Waals surface area (Å²) in [4.78, 5) is 0. The number of nitrogens with zero attached hydrogens (tertiary/aromatic N) is 1. The van der Waals surface area contributed by atoms with Crippen molar-refractivity contribution in [2.24, 2.45) is 0 Å². The average molecular weight is 291 g/mol. The molecule has 0 aromatic rings. The molecule has 0 amide bonds. The van der Waals surface area contributed by atoms with Crippen molar-refractivity contribution in [1.29, 1.82) is 5.26 Å². The zero-order chi connectivity index (χ0) is 7.28. The van der Waals surface area contributed by atoms with Crippen molar-refractivity contribution in [1.82, 2.24) is 0 Å². The summed E-state index contributed by atoms with van der Waals surface area (Å²) in [6, 6.07) is 0. The van der Waals surface area contributed by atoms with Gasteiger partial charge < -0.3 is 0 Å². The van der Waals surface area contributed by atoms with Gasteiger partial charge in [-0.05, 0) is 27.7 Å². The molecule has 0 aliphatic heterocycles. The minimum absolute atomic E-state index is 0.519. The Hall–Kier alpha value is 0.830. The summed E-state index contributed by atoms with van der Waals surface area (Å²) < 4.78 is 1.32. The number of halogens is 3. The fourth-order valence-electron chi connectivity index (χ4n) is 0.150. The maximum absolute atomic E-state index is 8.11. The third kappa shape index (κ3) is 5.28. The second kappa shape index (κ2) is 5.60. The Labute approximate surface area is 79.7 Å². The average Bonchev–Trinajstić information content (AvgIpc) is 1.82. The largest absolute Gasteiger partial charge is 0.185 e. The lowest BCUT2D eigenvalue weighted by Crippen LogP contribution is -1.73. The van der Waals surface area contributed by atoms with Crippen LogP contribution >= 0.6 is 55.2 Å². The zero-order valence-corrected chi connectivity index (χ0v) is 8.94. The Kier molecular flexibility index (Phi) is 6.12. The highest BCUT2D eigenvalue weighted by Crippen LogP contribution is 2.24. The molecule has 0 aliphatic carbocycles. The molecule has 0 spiro atoms. The molecule has 1 nitrogen and oxygen atoms in total. The highest BCUT2D eigenvalue weighted by Gasteiger charge is 1.96. The van der Waals surface area contributed by atoms with Crippen molar-refractivity contribution in [2.45, 2.75) is 0 Å². The van der Waals surface area contributed by atoms with E-state index in [0.29, 0.717) is 9.69 Å². The minimum atomic E-state index is 0.519. The van der Waals surface area contributed by atoms with Crippen LogP contribution in [0.4, 0.5) is 0 Å². The van der Waals surface area contributed by atoms with Crippen molar-refractivity contribution < 1.29 is 0 Å². The van der Waals surface area contributed by atoms with Gasteiger partial charge in [-0.25, -0.2) is 0 Å². The first-order valence-corrected chi connectivity index (χ1v) is 4.84. The molecule has 5 heteroatoms. The standard InChI is InChI=1S/C4H2Br2ClNS/c5-3(4(6)7)1-9-2-8/h1H2/b4-3+. The first-order chi connectivity index (χ1) is 4.18. The van der Waals surface area contributed by atoms with Gasteiger partial charge in [0.2, 0.25) is 0 Å². The summed E-state index contributed by atoms with van der Waals surface area (Å²) in [6.07, 6.45) is 0. The van der Waals surface area contributed by atoms with Gasteiger partial charge in [-0.2, -0.15) is 5.26 Å². The van der Waals surface area contributed by atoms with Gasteiger partial charge in [-0.1, -0.05) is 27.5 Å². The van der Waals surface area contributed by atoms with E-state index in [-0.39, 0.29) is 0 Å². The van der Waals surface area contributed by atoms with Crippen LogP contribution in [0, 0.1) is 10.7 Å². The molecule has 0 saturated carbocycles. The van der Waals surface area contributed by atoms with Crippen LogP contribution in [0.25, 0.3) is 0 Å². The molecule has 0 unspecified atom stereocenters. The number of thiocyanates is 1. The topological polar surface area (TPSA) is 23.8 Å². The van der Waals surface area contributed by atoms with Crippen LogP contribution in [-0.2, 0) is 0 Å². The lowest BCUT2D eigenvalue weighted by atomic mass is 10.8. The Morgan fingerprint density at radius 3 is 2.56 bits per heavy atom. The van der Waals surface area contributed by atoms with E-state index >= 15 is 0 Å². The van der Waals surface area contributed by atoms with Gasteiger partial charge in [0.1, 0.15) is 5.40 Å². The van der Waals surface area contributed by atoms with Gasteiger partial charge in [-0.3, -0.25) is 0 Å². The fraction of sp³-hybridized carbons (Fsp3) is 0.250. The Balaban J connectivity index is 3.67. The van der Waals surface area contributed by atoms with Gasteiger partial charge >= 0.3 is 0 Å². The molecule has 0 fully saturated rings. The molecule has 0 heterocycles. The smallest absolute Gasteiger partial charge is 0.133 e. The van der Waals surface area contributed by atoms with Crippen molar-refractivity contribution in [3.05, 3.63) is 8.42 Å². The highest BCUT2D eigenvalue weighted by atomic mass is 79.9. The van der Waals surface area contributed by atoms with E-state index < -0.39 is 0 Å². The molecule has 0 bridgehead atoms. The summed E-state index contributed by atoms with van der Waals surface area (Å²) in [6.45, 7) is 0. The lowest BCUT2D eigenvalue weighted by molar-refractivity contribution is 1.56. The molecular weight excluding hydrogens is 289 g/mol. The quantitative estimate of drug-likeness (QED) is 0.728. The molecule has 0 N–H and O–H groups in total. The first-order valence-electron chi connectivity index (χ1n) is 1.89. The van der Waals surface area contributed by atoms with E-state index in [1.165, 1.54) is 0 Å². The van der Waals surface area contributed by atoms with Crippen molar-refractivity contribution in [3.63, 3.8) is 0 Å². The molecule has 9 heavy (non-hydrogen) atoms. The molecular formula is C4H2Br2ClNS. The van der Waals surface area contributed by atoms with E-state index in [0.717, 1.165) is 16.2 Å². The highest BCUT2D eigenvalue weighted by molar-refractivity contribution is 9.14. The molecule has 0 rings (SSSR count). The fourth-order valence-corrected chi connectivity index (χ4v) is 1.30. The van der Waals surface area contributed by atoms with E-state index in [1.54, 1.807) is 0 Å². The molecule has 0 aromatic heterocycles. The van der Waals surface area contributed by atoms with Crippen LogP contribution in [0.2, 0.25) is 0 Å². The van der Waals surface area contributed by atoms with Gasteiger partial charge in [0.05, 0.1) is 3.94 Å². The summed E-state index contributed by atoms with van der Waals surface area (Å²) in [5.41, 5.74) is 0. The molecule has 0 saturated heterocycles. The number of hydrogen-bond acceptors (Lipinski definition) is 2. The van der Waals surface area contributed by atoms with Crippen LogP contribution < -0.4 is 0 Å². The Morgan fingerprint density at radius 2 is 2.22 bits per heavy atom. The summed E-state index contributed by atoms with van der Waals surface area (Å²) in [7, 11) is 0. The minimum Gasteiger partial charge on any atom is -0.185 e. The Morgan fingerprint density at radius 1 is 1.67 bits per heavy atom. The van der Waals surface area contributed by atoms with Crippen molar-refractivity contribution in [3.8, 4) is 5.40 Å². The summed E-state index contributed by atoms with van der Waals surface area (Å²) >= 11 is 12.8. The van der Waals surface area contributed by atoms with Crippen LogP contribution in [0.3, 0.4) is 0 Å². The van der Waals surface area contributed by atoms with Gasteiger partial charge in [0, 0.05) is 10.2 Å². The maximum Gasteiger partial charge on any atom is 0.133 e. The number of nitriles is 1. The maximum atomic E-state index is 8.11. The SMILES string of the molecule is N#CSC/C(Br)=C(\Cl)Br. The second-order valence-electron chi connectivity index (χ2n) is 1.05. The van der Waals surface area contributed by atoms with Crippen LogP contribution in [0.5, 0.6) is 0 Å². The molecule has 0 radical (unpaired) electrons. The van der Waals surface area contributed by atoms with E-state index in [1.807, 2.05) is 5.40 Å².